The summed E-state index contributed by atoms with van der Waals surface area (Å²) in [5, 5.41) is 3.62. The fourth-order valence-electron chi connectivity index (χ4n) is 1.60. The maximum absolute atomic E-state index is 12.2. The Kier molecular flexibility index (Phi) is 5.43. The summed E-state index contributed by atoms with van der Waals surface area (Å²) in [5.74, 6) is -0.293. The second kappa shape index (κ2) is 6.91. The third-order valence-corrected chi connectivity index (χ3v) is 4.80. The van der Waals surface area contributed by atoms with Crippen LogP contribution in [0.15, 0.2) is 36.4 Å². The number of thiocarbonyl (C=S) groups is 1. The van der Waals surface area contributed by atoms with Crippen LogP contribution in [0.25, 0.3) is 0 Å². The maximum Gasteiger partial charge on any atom is 0.255 e. The van der Waals surface area contributed by atoms with Crippen molar-refractivity contribution in [3.8, 4) is 0 Å². The van der Waals surface area contributed by atoms with Crippen LogP contribution in [-0.2, 0) is 0 Å². The van der Waals surface area contributed by atoms with Gasteiger partial charge in [0, 0.05) is 14.7 Å². The average Bonchev–Trinajstić information content (AvgIpc) is 2.43. The first-order valence-electron chi connectivity index (χ1n) is 5.74. The Balaban J connectivity index is 2.23. The van der Waals surface area contributed by atoms with Crippen LogP contribution in [0.2, 0.25) is 10.0 Å². The van der Waals surface area contributed by atoms with Crippen molar-refractivity contribution >= 4 is 74.6 Å². The highest BCUT2D eigenvalue weighted by atomic mass is 127. The van der Waals surface area contributed by atoms with E-state index in [1.165, 1.54) is 0 Å². The quantitative estimate of drug-likeness (QED) is 0.535. The molecule has 0 aliphatic rings. The van der Waals surface area contributed by atoms with Crippen LogP contribution in [0.4, 0.5) is 5.69 Å². The highest BCUT2D eigenvalue weighted by Gasteiger charge is 2.11. The summed E-state index contributed by atoms with van der Waals surface area (Å²) in [6, 6.07) is 10.0. The van der Waals surface area contributed by atoms with Gasteiger partial charge in [-0.05, 0) is 59.0 Å². The summed E-state index contributed by atoms with van der Waals surface area (Å²) >= 11 is 19.1. The first-order valence-corrected chi connectivity index (χ1v) is 7.98. The molecule has 0 radical (unpaired) electrons. The fraction of sp³-hybridized carbons (Fsp3) is 0. The molecule has 7 heteroatoms. The van der Waals surface area contributed by atoms with E-state index in [-0.39, 0.29) is 10.9 Å². The number of nitrogens with two attached hydrogens (primary N) is 1. The second-order valence-electron chi connectivity index (χ2n) is 4.14. The molecule has 21 heavy (non-hydrogen) atoms. The van der Waals surface area contributed by atoms with Crippen molar-refractivity contribution in [1.82, 2.24) is 0 Å². The monoisotopic (exact) mass is 450 g/mol. The van der Waals surface area contributed by atoms with Crippen molar-refractivity contribution in [2.24, 2.45) is 5.73 Å². The summed E-state index contributed by atoms with van der Waals surface area (Å²) in [6.45, 7) is 0. The largest absolute Gasteiger partial charge is 0.389 e. The van der Waals surface area contributed by atoms with Gasteiger partial charge in [0.05, 0.1) is 15.7 Å². The van der Waals surface area contributed by atoms with Crippen molar-refractivity contribution in [2.75, 3.05) is 5.32 Å². The molecule has 0 bridgehead atoms. The number of carbonyl (C=O) groups is 1. The van der Waals surface area contributed by atoms with Gasteiger partial charge in [-0.3, -0.25) is 4.79 Å². The molecular weight excluding hydrogens is 442 g/mol. The number of nitrogens with one attached hydrogen (secondary N) is 1. The standard InChI is InChI=1S/C14H9Cl2IN2OS/c15-9-6-8(1-3-11(9)17)14(20)19-12-4-2-7(13(18)21)5-10(12)16/h1-6H,(H2,18,21)(H,19,20). The van der Waals surface area contributed by atoms with Crippen LogP contribution >= 0.6 is 58.0 Å². The molecule has 3 N–H and O–H groups in total. The molecule has 108 valence electrons. The van der Waals surface area contributed by atoms with Crippen LogP contribution in [0.3, 0.4) is 0 Å². The predicted octanol–water partition coefficient (Wildman–Crippen LogP) is 4.48. The molecule has 0 saturated heterocycles. The molecule has 0 spiro atoms. The third kappa shape index (κ3) is 4.06. The molecule has 0 atom stereocenters. The molecule has 0 aromatic heterocycles. The summed E-state index contributed by atoms with van der Waals surface area (Å²) in [5.41, 5.74) is 7.11. The molecule has 0 unspecified atom stereocenters. The number of hydrogen-bond donors (Lipinski definition) is 2. The lowest BCUT2D eigenvalue weighted by Crippen LogP contribution is -2.13. The number of carbonyl (C=O) groups excluding carboxylic acids is 1. The van der Waals surface area contributed by atoms with Gasteiger partial charge in [-0.2, -0.15) is 0 Å². The number of rotatable bonds is 3. The van der Waals surface area contributed by atoms with Crippen molar-refractivity contribution in [2.45, 2.75) is 0 Å². The van der Waals surface area contributed by atoms with Gasteiger partial charge in [-0.25, -0.2) is 0 Å². The van der Waals surface area contributed by atoms with E-state index in [0.29, 0.717) is 26.9 Å². The number of benzene rings is 2. The van der Waals surface area contributed by atoms with Crippen molar-refractivity contribution in [3.63, 3.8) is 0 Å². The van der Waals surface area contributed by atoms with E-state index >= 15 is 0 Å². The minimum absolute atomic E-state index is 0.249. The molecule has 0 fully saturated rings. The zero-order valence-electron chi connectivity index (χ0n) is 10.5. The average molecular weight is 451 g/mol. The molecule has 2 rings (SSSR count). The van der Waals surface area contributed by atoms with Gasteiger partial charge in [0.2, 0.25) is 0 Å². The smallest absolute Gasteiger partial charge is 0.255 e. The first-order chi connectivity index (χ1) is 9.88. The summed E-state index contributed by atoms with van der Waals surface area (Å²) in [6.07, 6.45) is 0. The number of hydrogen-bond acceptors (Lipinski definition) is 2. The highest BCUT2D eigenvalue weighted by Crippen LogP contribution is 2.25. The van der Waals surface area contributed by atoms with E-state index in [4.69, 9.17) is 41.2 Å². The molecule has 2 aromatic carbocycles. The SMILES string of the molecule is NC(=S)c1ccc(NC(=O)c2ccc(I)c(Cl)c2)c(Cl)c1. The van der Waals surface area contributed by atoms with Crippen LogP contribution in [-0.4, -0.2) is 10.9 Å². The predicted molar refractivity (Wildman–Crippen MR) is 99.5 cm³/mol. The molecule has 2 aromatic rings. The van der Waals surface area contributed by atoms with Crippen molar-refractivity contribution in [3.05, 3.63) is 61.1 Å². The normalized spacial score (nSPS) is 10.2. The maximum atomic E-state index is 12.2. The van der Waals surface area contributed by atoms with Crippen molar-refractivity contribution in [1.29, 1.82) is 0 Å². The van der Waals surface area contributed by atoms with Gasteiger partial charge in [0.1, 0.15) is 4.99 Å². The minimum Gasteiger partial charge on any atom is -0.389 e. The second-order valence-corrected chi connectivity index (χ2v) is 6.56. The summed E-state index contributed by atoms with van der Waals surface area (Å²) in [7, 11) is 0. The third-order valence-electron chi connectivity index (χ3n) is 2.68. The van der Waals surface area contributed by atoms with E-state index < -0.39 is 0 Å². The molecule has 0 aliphatic heterocycles. The number of anilines is 1. The van der Waals surface area contributed by atoms with Crippen LogP contribution < -0.4 is 11.1 Å². The number of halogens is 3. The molecule has 0 saturated carbocycles. The van der Waals surface area contributed by atoms with Crippen LogP contribution in [0, 0.1) is 3.57 Å². The topological polar surface area (TPSA) is 55.1 Å². The highest BCUT2D eigenvalue weighted by molar-refractivity contribution is 14.1. The van der Waals surface area contributed by atoms with Gasteiger partial charge in [0.25, 0.3) is 5.91 Å². The number of amides is 1. The summed E-state index contributed by atoms with van der Waals surface area (Å²) in [4.78, 5) is 12.4. The van der Waals surface area contributed by atoms with Gasteiger partial charge in [-0.1, -0.05) is 35.4 Å². The Bertz CT molecular complexity index is 737. The Labute approximate surface area is 150 Å². The van der Waals surface area contributed by atoms with Gasteiger partial charge < -0.3 is 11.1 Å². The van der Waals surface area contributed by atoms with Gasteiger partial charge in [-0.15, -0.1) is 0 Å². The lowest BCUT2D eigenvalue weighted by molar-refractivity contribution is 0.102. The Morgan fingerprint density at radius 3 is 2.29 bits per heavy atom. The van der Waals surface area contributed by atoms with E-state index in [2.05, 4.69) is 27.9 Å². The molecule has 3 nitrogen and oxygen atoms in total. The van der Waals surface area contributed by atoms with Crippen LogP contribution in [0.5, 0.6) is 0 Å². The van der Waals surface area contributed by atoms with E-state index in [1.807, 2.05) is 0 Å². The van der Waals surface area contributed by atoms with Gasteiger partial charge in [0.15, 0.2) is 0 Å². The molecule has 0 aliphatic carbocycles. The Morgan fingerprint density at radius 1 is 1.10 bits per heavy atom. The lowest BCUT2D eigenvalue weighted by atomic mass is 10.2. The molecule has 1 amide bonds. The minimum atomic E-state index is -0.293. The molecular formula is C14H9Cl2IN2OS. The Morgan fingerprint density at radius 2 is 1.71 bits per heavy atom. The zero-order valence-corrected chi connectivity index (χ0v) is 15.0. The zero-order chi connectivity index (χ0) is 15.6. The van der Waals surface area contributed by atoms with E-state index in [1.54, 1.807) is 36.4 Å². The fourth-order valence-corrected chi connectivity index (χ4v) is 2.47. The summed E-state index contributed by atoms with van der Waals surface area (Å²) < 4.78 is 0.879. The van der Waals surface area contributed by atoms with Crippen molar-refractivity contribution < 1.29 is 4.79 Å². The first kappa shape index (κ1) is 16.5. The Hall–Kier alpha value is -0.890. The molecule has 0 heterocycles. The van der Waals surface area contributed by atoms with Crippen LogP contribution in [0.1, 0.15) is 15.9 Å². The van der Waals surface area contributed by atoms with E-state index in [9.17, 15) is 4.79 Å². The van der Waals surface area contributed by atoms with Gasteiger partial charge >= 0.3 is 0 Å². The van der Waals surface area contributed by atoms with E-state index in [0.717, 1.165) is 3.57 Å². The lowest BCUT2D eigenvalue weighted by Gasteiger charge is -2.09.